The van der Waals surface area contributed by atoms with Crippen LogP contribution in [0.15, 0.2) is 54.7 Å². The molecule has 2 aromatic rings. The number of pyridine rings is 1. The Morgan fingerprint density at radius 1 is 1.23 bits per heavy atom. The number of hydrogen-bond donors (Lipinski definition) is 3. The molecule has 0 fully saturated rings. The summed E-state index contributed by atoms with van der Waals surface area (Å²) < 4.78 is 21.1. The smallest absolute Gasteiger partial charge is 0.267 e. The molecule has 0 aliphatic carbocycles. The van der Waals surface area contributed by atoms with Crippen LogP contribution in [0.25, 0.3) is 6.08 Å². The largest absolute Gasteiger partial charge is 0.305 e. The minimum atomic E-state index is -2.10. The van der Waals surface area contributed by atoms with E-state index in [1.54, 1.807) is 48.7 Å². The Balaban J connectivity index is 2.26. The van der Waals surface area contributed by atoms with Gasteiger partial charge in [0.2, 0.25) is 0 Å². The highest BCUT2D eigenvalue weighted by Gasteiger charge is 2.21. The Hall–Kier alpha value is -2.35. The van der Waals surface area contributed by atoms with Crippen molar-refractivity contribution >= 4 is 23.1 Å². The minimum absolute atomic E-state index is 0.506. The quantitative estimate of drug-likeness (QED) is 0.338. The molecule has 2 unspecified atom stereocenters. The van der Waals surface area contributed by atoms with Crippen LogP contribution in [-0.4, -0.2) is 24.9 Å². The fraction of sp³-hybridized carbons (Fsp3) is 0.0667. The van der Waals surface area contributed by atoms with E-state index >= 15 is 0 Å². The van der Waals surface area contributed by atoms with Crippen LogP contribution in [0.2, 0.25) is 0 Å². The van der Waals surface area contributed by atoms with E-state index in [4.69, 9.17) is 5.21 Å². The molecule has 114 valence electrons. The lowest BCUT2D eigenvalue weighted by molar-refractivity contribution is -0.124. The predicted octanol–water partition coefficient (Wildman–Crippen LogP) is 1.91. The van der Waals surface area contributed by atoms with E-state index in [1.165, 1.54) is 17.6 Å². The average molecular weight is 318 g/mol. The Morgan fingerprint density at radius 2 is 1.95 bits per heavy atom. The lowest BCUT2D eigenvalue weighted by atomic mass is 10.1. The van der Waals surface area contributed by atoms with E-state index < -0.39 is 22.2 Å². The highest BCUT2D eigenvalue weighted by Crippen LogP contribution is 2.26. The zero-order valence-corrected chi connectivity index (χ0v) is 12.2. The van der Waals surface area contributed by atoms with Crippen molar-refractivity contribution < 1.29 is 18.8 Å². The Labute approximate surface area is 129 Å². The molecule has 1 aromatic carbocycles. The monoisotopic (exact) mass is 318 g/mol. The van der Waals surface area contributed by atoms with Gasteiger partial charge in [-0.2, -0.15) is 0 Å². The number of nitrogens with one attached hydrogen (secondary N) is 1. The molecule has 2 atom stereocenters. The van der Waals surface area contributed by atoms with Gasteiger partial charge in [0.15, 0.2) is 11.1 Å². The average Bonchev–Trinajstić information content (AvgIpc) is 2.54. The predicted molar refractivity (Wildman–Crippen MR) is 82.3 cm³/mol. The second-order valence-electron chi connectivity index (χ2n) is 4.39. The fourth-order valence-electron chi connectivity index (χ4n) is 1.91. The molecule has 0 radical (unpaired) electrons. The highest BCUT2D eigenvalue weighted by molar-refractivity contribution is 7.79. The molecule has 0 aliphatic heterocycles. The summed E-state index contributed by atoms with van der Waals surface area (Å²) in [6.07, 6.45) is 4.26. The summed E-state index contributed by atoms with van der Waals surface area (Å²) in [5, 5.41) is 7.66. The van der Waals surface area contributed by atoms with Crippen molar-refractivity contribution in [3.8, 4) is 0 Å². The number of hydrogen-bond acceptors (Lipinski definition) is 4. The molecule has 6 nitrogen and oxygen atoms in total. The Kier molecular flexibility index (Phi) is 5.54. The van der Waals surface area contributed by atoms with E-state index in [9.17, 15) is 13.6 Å². The van der Waals surface area contributed by atoms with Gasteiger partial charge in [-0.15, -0.1) is 0 Å². The first-order valence-corrected chi connectivity index (χ1v) is 7.51. The van der Waals surface area contributed by atoms with E-state index in [0.717, 1.165) is 5.56 Å². The Morgan fingerprint density at radius 3 is 2.50 bits per heavy atom. The lowest BCUT2D eigenvalue weighted by Crippen LogP contribution is -2.14. The molecule has 0 saturated heterocycles. The van der Waals surface area contributed by atoms with Gasteiger partial charge < -0.3 is 4.55 Å². The SMILES string of the molecule is O=C(C=Cc1ccc(C(c2ccccn2)S(=O)O)cc1)NO. The third kappa shape index (κ3) is 4.08. The molecule has 0 aliphatic rings. The van der Waals surface area contributed by atoms with Crippen LogP contribution < -0.4 is 5.48 Å². The summed E-state index contributed by atoms with van der Waals surface area (Å²) in [5.74, 6) is -0.632. The summed E-state index contributed by atoms with van der Waals surface area (Å²) >= 11 is -2.10. The van der Waals surface area contributed by atoms with Crippen LogP contribution in [0, 0.1) is 0 Å². The van der Waals surface area contributed by atoms with Gasteiger partial charge in [0.25, 0.3) is 5.91 Å². The van der Waals surface area contributed by atoms with Crippen molar-refractivity contribution in [3.63, 3.8) is 0 Å². The van der Waals surface area contributed by atoms with Gasteiger partial charge in [0.05, 0.1) is 5.69 Å². The first kappa shape index (κ1) is 16.0. The summed E-state index contributed by atoms with van der Waals surface area (Å²) in [7, 11) is 0. The Bertz CT molecular complexity index is 686. The maximum atomic E-state index is 11.6. The van der Waals surface area contributed by atoms with Crippen LogP contribution in [-0.2, 0) is 15.9 Å². The molecule has 1 amide bonds. The normalized spacial score (nSPS) is 13.7. The molecule has 0 bridgehead atoms. The van der Waals surface area contributed by atoms with Crippen LogP contribution in [0.5, 0.6) is 0 Å². The zero-order valence-electron chi connectivity index (χ0n) is 11.4. The molecular weight excluding hydrogens is 304 g/mol. The highest BCUT2D eigenvalue weighted by atomic mass is 32.2. The third-order valence-corrected chi connectivity index (χ3v) is 3.85. The minimum Gasteiger partial charge on any atom is -0.305 e. The third-order valence-electron chi connectivity index (χ3n) is 2.93. The van der Waals surface area contributed by atoms with Crippen molar-refractivity contribution in [2.75, 3.05) is 0 Å². The first-order valence-electron chi connectivity index (χ1n) is 6.34. The van der Waals surface area contributed by atoms with Crippen LogP contribution in [0.3, 0.4) is 0 Å². The summed E-state index contributed by atoms with van der Waals surface area (Å²) in [6, 6.07) is 12.0. The number of carbonyl (C=O) groups is 1. The molecule has 7 heteroatoms. The molecular formula is C15H14N2O4S. The number of benzene rings is 1. The lowest BCUT2D eigenvalue weighted by Gasteiger charge is -2.13. The van der Waals surface area contributed by atoms with E-state index in [1.807, 2.05) is 0 Å². The van der Waals surface area contributed by atoms with Gasteiger partial charge >= 0.3 is 0 Å². The van der Waals surface area contributed by atoms with E-state index in [-0.39, 0.29) is 0 Å². The van der Waals surface area contributed by atoms with Gasteiger partial charge in [-0.05, 0) is 29.3 Å². The van der Waals surface area contributed by atoms with E-state index in [2.05, 4.69) is 4.98 Å². The maximum Gasteiger partial charge on any atom is 0.267 e. The standard InChI is InChI=1S/C15H14N2O4S/c18-14(17-19)9-6-11-4-7-12(8-5-11)15(22(20)21)13-3-1-2-10-16-13/h1-10,15,19H,(H,17,18)(H,20,21). The van der Waals surface area contributed by atoms with Gasteiger partial charge in [-0.25, -0.2) is 9.69 Å². The maximum absolute atomic E-state index is 11.6. The van der Waals surface area contributed by atoms with Crippen LogP contribution in [0.4, 0.5) is 0 Å². The van der Waals surface area contributed by atoms with Crippen molar-refractivity contribution in [1.29, 1.82) is 0 Å². The zero-order chi connectivity index (χ0) is 15.9. The summed E-state index contributed by atoms with van der Waals surface area (Å²) in [6.45, 7) is 0. The van der Waals surface area contributed by atoms with Crippen LogP contribution >= 0.6 is 0 Å². The van der Waals surface area contributed by atoms with Crippen molar-refractivity contribution in [2.24, 2.45) is 0 Å². The topological polar surface area (TPSA) is 99.5 Å². The molecule has 1 heterocycles. The number of rotatable bonds is 5. The van der Waals surface area contributed by atoms with Crippen molar-refractivity contribution in [3.05, 3.63) is 71.6 Å². The number of hydroxylamine groups is 1. The number of amides is 1. The van der Waals surface area contributed by atoms with Gasteiger partial charge in [-0.1, -0.05) is 30.3 Å². The van der Waals surface area contributed by atoms with Crippen molar-refractivity contribution in [2.45, 2.75) is 5.25 Å². The van der Waals surface area contributed by atoms with E-state index in [0.29, 0.717) is 11.3 Å². The number of nitrogens with zero attached hydrogens (tertiary/aromatic N) is 1. The van der Waals surface area contributed by atoms with Gasteiger partial charge in [-0.3, -0.25) is 15.0 Å². The fourth-order valence-corrected chi connectivity index (χ4v) is 2.65. The second kappa shape index (κ2) is 7.60. The summed E-state index contributed by atoms with van der Waals surface area (Å²) in [4.78, 5) is 15.0. The second-order valence-corrected chi connectivity index (χ2v) is 5.41. The molecule has 3 N–H and O–H groups in total. The molecule has 0 spiro atoms. The van der Waals surface area contributed by atoms with Gasteiger partial charge in [0, 0.05) is 12.3 Å². The van der Waals surface area contributed by atoms with Gasteiger partial charge in [0.1, 0.15) is 5.25 Å². The molecule has 0 saturated carbocycles. The molecule has 1 aromatic heterocycles. The van der Waals surface area contributed by atoms with Crippen LogP contribution in [0.1, 0.15) is 22.1 Å². The molecule has 22 heavy (non-hydrogen) atoms. The number of aromatic nitrogens is 1. The summed E-state index contributed by atoms with van der Waals surface area (Å²) in [5.41, 5.74) is 3.36. The number of carbonyl (C=O) groups excluding carboxylic acids is 1. The van der Waals surface area contributed by atoms with Crippen molar-refractivity contribution in [1.82, 2.24) is 10.5 Å². The molecule has 2 rings (SSSR count). The first-order chi connectivity index (χ1) is 10.6.